The molecule has 0 unspecified atom stereocenters. The molecule has 3 fully saturated rings. The maximum atomic E-state index is 13.1. The summed E-state index contributed by atoms with van der Waals surface area (Å²) >= 11 is 0. The lowest BCUT2D eigenvalue weighted by Gasteiger charge is -2.25. The fourth-order valence-corrected chi connectivity index (χ4v) is 5.58. The third-order valence-corrected chi connectivity index (χ3v) is 7.85. The third kappa shape index (κ3) is 8.29. The Morgan fingerprint density at radius 2 is 1.76 bits per heavy atom. The molecule has 2 aliphatic carbocycles. The largest absolute Gasteiger partial charge is 0.469 e. The van der Waals surface area contributed by atoms with Gasteiger partial charge in [-0.3, -0.25) is 4.52 Å². The second-order valence-corrected chi connectivity index (χ2v) is 11.5. The molecule has 2 aliphatic heterocycles. The number of carbonyl (C=O) groups is 1. The van der Waals surface area contributed by atoms with E-state index < -0.39 is 44.9 Å². The van der Waals surface area contributed by atoms with Gasteiger partial charge in [0.05, 0.1) is 12.6 Å². The Morgan fingerprint density at radius 1 is 1.08 bits per heavy atom. The van der Waals surface area contributed by atoms with Crippen LogP contribution in [-0.2, 0) is 23.4 Å². The van der Waals surface area contributed by atoms with Crippen LogP contribution in [0.5, 0.6) is 0 Å². The van der Waals surface area contributed by atoms with Crippen molar-refractivity contribution in [3.8, 4) is 0 Å². The molecule has 12 nitrogen and oxygen atoms in total. The number of hydrogen-bond donors (Lipinski definition) is 5. The molecule has 0 aromatic heterocycles. The SMILES string of the molecule is O=C(O/C(=N/C1CCCCC1)NC1CCCCC1)C1=CC=[N+]([C@@H]2O[C@H](COP(=O)(O)O)[C@@H](O)[C@H]2O)C=CC1. The number of allylic oxidation sites excluding steroid dienone is 2. The predicted octanol–water partition coefficient (Wildman–Crippen LogP) is 1.62. The summed E-state index contributed by atoms with van der Waals surface area (Å²) < 4.78 is 28.3. The maximum Gasteiger partial charge on any atom is 0.469 e. The van der Waals surface area contributed by atoms with Crippen molar-refractivity contribution in [2.75, 3.05) is 6.61 Å². The van der Waals surface area contributed by atoms with E-state index in [1.54, 1.807) is 18.4 Å². The van der Waals surface area contributed by atoms with Gasteiger partial charge in [-0.15, -0.1) is 0 Å². The van der Waals surface area contributed by atoms with Crippen LogP contribution in [0.1, 0.15) is 70.6 Å². The van der Waals surface area contributed by atoms with Crippen LogP contribution in [0, 0.1) is 0 Å². The molecule has 0 spiro atoms. The lowest BCUT2D eigenvalue weighted by Crippen LogP contribution is -2.39. The normalized spacial score (nSPS) is 29.9. The van der Waals surface area contributed by atoms with Crippen molar-refractivity contribution in [2.45, 2.75) is 107 Å². The summed E-state index contributed by atoms with van der Waals surface area (Å²) in [5.41, 5.74) is 0.375. The number of phosphoric ester groups is 1. The van der Waals surface area contributed by atoms with Gasteiger partial charge in [-0.1, -0.05) is 38.5 Å². The summed E-state index contributed by atoms with van der Waals surface area (Å²) in [4.78, 5) is 35.7. The number of ether oxygens (including phenoxy) is 2. The van der Waals surface area contributed by atoms with E-state index in [0.29, 0.717) is 5.57 Å². The van der Waals surface area contributed by atoms with Crippen molar-refractivity contribution in [2.24, 2.45) is 4.99 Å². The Morgan fingerprint density at radius 3 is 2.45 bits per heavy atom. The van der Waals surface area contributed by atoms with Gasteiger partial charge in [-0.2, -0.15) is 4.58 Å². The number of hydrogen-bond acceptors (Lipinski definition) is 8. The summed E-state index contributed by atoms with van der Waals surface area (Å²) in [5.74, 6) is -0.522. The minimum absolute atomic E-state index is 0.141. The van der Waals surface area contributed by atoms with Crippen LogP contribution in [0.15, 0.2) is 28.9 Å². The van der Waals surface area contributed by atoms with Gasteiger partial charge in [0.2, 0.25) is 0 Å². The maximum absolute atomic E-state index is 13.1. The fourth-order valence-electron chi connectivity index (χ4n) is 5.24. The fraction of sp³-hybridized carbons (Fsp3) is 0.720. The molecule has 0 aromatic carbocycles. The first-order chi connectivity index (χ1) is 18.2. The Kier molecular flexibility index (Phi) is 10.3. The number of rotatable bonds is 7. The second kappa shape index (κ2) is 13.4. The predicted molar refractivity (Wildman–Crippen MR) is 137 cm³/mol. The van der Waals surface area contributed by atoms with Crippen LogP contribution in [-0.4, -0.2) is 86.0 Å². The molecular formula is C25H39N3O9P+. The lowest BCUT2D eigenvalue weighted by atomic mass is 9.95. The van der Waals surface area contributed by atoms with Gasteiger partial charge in [0.25, 0.3) is 12.2 Å². The van der Waals surface area contributed by atoms with E-state index in [2.05, 4.69) is 9.84 Å². The highest BCUT2D eigenvalue weighted by Gasteiger charge is 2.49. The zero-order valence-electron chi connectivity index (χ0n) is 21.4. The number of nitrogens with one attached hydrogen (secondary N) is 1. The number of phosphoric acid groups is 1. The minimum atomic E-state index is -4.76. The zero-order valence-corrected chi connectivity index (χ0v) is 22.3. The van der Waals surface area contributed by atoms with E-state index in [0.717, 1.165) is 51.4 Å². The summed E-state index contributed by atoms with van der Waals surface area (Å²) in [7, 11) is -4.76. The van der Waals surface area contributed by atoms with Crippen LogP contribution in [0.4, 0.5) is 0 Å². The molecule has 4 atom stereocenters. The number of carbonyl (C=O) groups excluding carboxylic acids is 1. The topological polar surface area (TPSA) is 170 Å². The first-order valence-corrected chi connectivity index (χ1v) is 15.0. The Balaban J connectivity index is 1.43. The quantitative estimate of drug-likeness (QED) is 0.102. The van der Waals surface area contributed by atoms with Crippen molar-refractivity contribution in [1.82, 2.24) is 5.32 Å². The van der Waals surface area contributed by atoms with Crippen LogP contribution >= 0.6 is 7.82 Å². The number of aliphatic hydroxyl groups is 2. The first kappa shape index (κ1) is 29.1. The molecule has 5 N–H and O–H groups in total. The summed E-state index contributed by atoms with van der Waals surface area (Å²) in [6, 6.07) is 0.659. The molecule has 0 amide bonds. The van der Waals surface area contributed by atoms with Crippen LogP contribution in [0.3, 0.4) is 0 Å². The average molecular weight is 557 g/mol. The molecular weight excluding hydrogens is 517 g/mol. The van der Waals surface area contributed by atoms with Gasteiger partial charge in [-0.25, -0.2) is 14.4 Å². The average Bonchev–Trinajstić information content (AvgIpc) is 3.04. The van der Waals surface area contributed by atoms with Crippen molar-refractivity contribution in [3.05, 3.63) is 23.9 Å². The van der Waals surface area contributed by atoms with Crippen molar-refractivity contribution in [3.63, 3.8) is 0 Å². The third-order valence-electron chi connectivity index (χ3n) is 7.36. The highest BCUT2D eigenvalue weighted by molar-refractivity contribution is 7.46. The Labute approximate surface area is 222 Å². The lowest BCUT2D eigenvalue weighted by molar-refractivity contribution is -0.558. The molecule has 4 aliphatic rings. The van der Waals surface area contributed by atoms with Crippen LogP contribution in [0.2, 0.25) is 0 Å². The molecule has 2 heterocycles. The minimum Gasteiger partial charge on any atom is -0.389 e. The van der Waals surface area contributed by atoms with Gasteiger partial charge >= 0.3 is 13.8 Å². The van der Waals surface area contributed by atoms with E-state index >= 15 is 0 Å². The highest BCUT2D eigenvalue weighted by Crippen LogP contribution is 2.37. The van der Waals surface area contributed by atoms with Gasteiger partial charge < -0.3 is 34.8 Å². The summed E-state index contributed by atoms with van der Waals surface area (Å²) in [5, 5.41) is 24.1. The standard InChI is InChI=1S/C25H38N3O9P/c29-21-20(16-35-38(32,33)34)36-23(22(21)30)28-14-7-8-17(13-15-28)24(31)37-25(26-18-9-3-1-4-10-18)27-19-11-5-2-6-12-19/h7,13-15,18-23,29-30H,1-6,8-12,16H2,(H2-,26,27,32,33,34)/p+1/t20-,21-,22-,23-/m1/s1. The van der Waals surface area contributed by atoms with Crippen molar-refractivity contribution in [1.29, 1.82) is 0 Å². The van der Waals surface area contributed by atoms with E-state index in [1.165, 1.54) is 23.6 Å². The first-order valence-electron chi connectivity index (χ1n) is 13.5. The van der Waals surface area contributed by atoms with Crippen molar-refractivity contribution >= 4 is 26.0 Å². The number of esters is 1. The molecule has 13 heteroatoms. The molecule has 4 rings (SSSR count). The van der Waals surface area contributed by atoms with E-state index in [9.17, 15) is 19.6 Å². The Hall–Kier alpha value is -1.92. The van der Waals surface area contributed by atoms with Crippen LogP contribution in [0.25, 0.3) is 0 Å². The van der Waals surface area contributed by atoms with Gasteiger partial charge in [0, 0.05) is 24.1 Å². The monoisotopic (exact) mass is 556 g/mol. The molecule has 2 saturated carbocycles. The number of amidine groups is 1. The smallest absolute Gasteiger partial charge is 0.389 e. The molecule has 0 radical (unpaired) electrons. The van der Waals surface area contributed by atoms with Gasteiger partial charge in [-0.05, 0) is 31.8 Å². The zero-order chi connectivity index (χ0) is 27.1. The molecule has 212 valence electrons. The highest BCUT2D eigenvalue weighted by atomic mass is 31.2. The van der Waals surface area contributed by atoms with E-state index in [4.69, 9.17) is 24.3 Å². The van der Waals surface area contributed by atoms with Crippen LogP contribution < -0.4 is 5.32 Å². The van der Waals surface area contributed by atoms with Gasteiger partial charge in [0.15, 0.2) is 18.5 Å². The molecule has 0 aromatic rings. The van der Waals surface area contributed by atoms with E-state index in [1.807, 2.05) is 0 Å². The Bertz CT molecular complexity index is 996. The number of aliphatic imine (C=N–C) groups is 1. The summed E-state index contributed by atoms with van der Waals surface area (Å²) in [6.45, 7) is -0.596. The van der Waals surface area contributed by atoms with Gasteiger partial charge in [0.1, 0.15) is 12.2 Å². The molecule has 0 bridgehead atoms. The number of aliphatic hydroxyl groups excluding tert-OH is 2. The second-order valence-electron chi connectivity index (χ2n) is 10.3. The van der Waals surface area contributed by atoms with Crippen molar-refractivity contribution < 1.29 is 47.9 Å². The van der Waals surface area contributed by atoms with E-state index in [-0.39, 0.29) is 24.5 Å². The molecule has 1 saturated heterocycles. The molecule has 38 heavy (non-hydrogen) atoms. The summed E-state index contributed by atoms with van der Waals surface area (Å²) in [6.07, 6.45) is 12.6. The number of nitrogens with zero attached hydrogens (tertiary/aromatic N) is 2.